The Morgan fingerprint density at radius 2 is 1.66 bits per heavy atom. The highest BCUT2D eigenvalue weighted by molar-refractivity contribution is 5.73. The minimum absolute atomic E-state index is 0.123. The lowest BCUT2D eigenvalue weighted by atomic mass is 10.1. The number of hydrogen-bond acceptors (Lipinski definition) is 6. The summed E-state index contributed by atoms with van der Waals surface area (Å²) in [7, 11) is 0. The van der Waals surface area contributed by atoms with Gasteiger partial charge in [0.2, 0.25) is 5.89 Å². The first-order chi connectivity index (χ1) is 17.1. The summed E-state index contributed by atoms with van der Waals surface area (Å²) in [5.74, 6) is 1.01. The second kappa shape index (κ2) is 11.7. The van der Waals surface area contributed by atoms with Crippen LogP contribution >= 0.6 is 0 Å². The molecule has 3 aromatic carbocycles. The maximum atomic E-state index is 11.0. The highest BCUT2D eigenvalue weighted by atomic mass is 16.6. The van der Waals surface area contributed by atoms with E-state index in [2.05, 4.69) is 10.5 Å². The molecule has 178 valence electrons. The molecule has 1 aromatic heterocycles. The smallest absolute Gasteiger partial charge is 0.307 e. The lowest BCUT2D eigenvalue weighted by molar-refractivity contribution is -0.136. The first kappa shape index (κ1) is 23.8. The van der Waals surface area contributed by atoms with Crippen molar-refractivity contribution in [1.82, 2.24) is 10.5 Å². The van der Waals surface area contributed by atoms with Crippen LogP contribution in [0.4, 0.5) is 0 Å². The van der Waals surface area contributed by atoms with Gasteiger partial charge in [-0.15, -0.1) is 0 Å². The quantitative estimate of drug-likeness (QED) is 0.269. The summed E-state index contributed by atoms with van der Waals surface area (Å²) in [5, 5.41) is 9.05. The number of aliphatic carboxylic acids is 1. The van der Waals surface area contributed by atoms with Gasteiger partial charge in [-0.1, -0.05) is 66.7 Å². The molecule has 0 spiro atoms. The number of rotatable bonds is 11. The lowest BCUT2D eigenvalue weighted by Crippen LogP contribution is -2.14. The first-order valence-electron chi connectivity index (χ1n) is 11.2. The van der Waals surface area contributed by atoms with E-state index in [0.717, 1.165) is 22.4 Å². The van der Waals surface area contributed by atoms with Gasteiger partial charge in [0.25, 0.3) is 0 Å². The van der Waals surface area contributed by atoms with E-state index in [1.807, 2.05) is 91.9 Å². The summed E-state index contributed by atoms with van der Waals surface area (Å²) >= 11 is 0. The van der Waals surface area contributed by atoms with Gasteiger partial charge in [0, 0.05) is 11.1 Å². The van der Waals surface area contributed by atoms with Crippen molar-refractivity contribution < 1.29 is 23.9 Å². The highest BCUT2D eigenvalue weighted by Crippen LogP contribution is 2.24. The molecule has 0 atom stereocenters. The Morgan fingerprint density at radius 1 is 0.971 bits per heavy atom. The third kappa shape index (κ3) is 6.59. The molecule has 4 aromatic rings. The molecule has 7 nitrogen and oxygen atoms in total. The molecular formula is C28H26N2O5. The molecule has 0 amide bonds. The maximum Gasteiger partial charge on any atom is 0.307 e. The van der Waals surface area contributed by atoms with Crippen LogP contribution in [0.25, 0.3) is 17.2 Å². The van der Waals surface area contributed by atoms with Crippen LogP contribution in [-0.2, 0) is 22.8 Å². The predicted octanol–water partition coefficient (Wildman–Crippen LogP) is 5.77. The zero-order valence-corrected chi connectivity index (χ0v) is 19.3. The van der Waals surface area contributed by atoms with E-state index in [1.54, 1.807) is 6.08 Å². The van der Waals surface area contributed by atoms with Crippen LogP contribution in [0.15, 0.2) is 95.4 Å². The summed E-state index contributed by atoms with van der Waals surface area (Å²) in [6, 6.07) is 26.7. The number of hydrogen-bond donors (Lipinski definition) is 2. The Balaban J connectivity index is 1.40. The monoisotopic (exact) mass is 470 g/mol. The van der Waals surface area contributed by atoms with Crippen LogP contribution in [0.5, 0.6) is 5.75 Å². The van der Waals surface area contributed by atoms with Gasteiger partial charge >= 0.3 is 5.97 Å². The van der Waals surface area contributed by atoms with E-state index in [4.69, 9.17) is 19.1 Å². The average molecular weight is 471 g/mol. The third-order valence-electron chi connectivity index (χ3n) is 5.23. The number of ether oxygens (including phenoxy) is 1. The molecule has 4 rings (SSSR count). The van der Waals surface area contributed by atoms with Gasteiger partial charge in [0.1, 0.15) is 30.4 Å². The Morgan fingerprint density at radius 3 is 2.40 bits per heavy atom. The molecule has 0 radical (unpaired) electrons. The number of nitrogens with zero attached hydrogens (tertiary/aromatic N) is 1. The van der Waals surface area contributed by atoms with Crippen molar-refractivity contribution in [3.8, 4) is 17.2 Å². The van der Waals surface area contributed by atoms with Gasteiger partial charge in [-0.2, -0.15) is 0 Å². The average Bonchev–Trinajstić information content (AvgIpc) is 3.26. The van der Waals surface area contributed by atoms with Crippen LogP contribution in [0, 0.1) is 6.92 Å². The van der Waals surface area contributed by atoms with Crippen LogP contribution in [0.2, 0.25) is 0 Å². The topological polar surface area (TPSA) is 93.8 Å². The molecule has 0 saturated carbocycles. The second-order valence-corrected chi connectivity index (χ2v) is 7.76. The SMILES string of the molecule is Cc1oc(-c2ccccc2)nc1COc1ccccc1CONC(=CCC(=O)O)c1ccccc1. The standard InChI is InChI=1S/C28H26N2O5/c1-20-25(29-28(35-20)22-12-6-3-7-13-22)19-33-26-15-9-8-14-23(26)18-34-30-24(16-17-27(31)32)21-10-4-2-5-11-21/h2-16,30H,17-19H2,1H3,(H,31,32). The minimum Gasteiger partial charge on any atom is -0.487 e. The zero-order chi connectivity index (χ0) is 24.5. The molecule has 0 bridgehead atoms. The van der Waals surface area contributed by atoms with Crippen molar-refractivity contribution in [2.45, 2.75) is 26.6 Å². The van der Waals surface area contributed by atoms with Gasteiger partial charge in [0.15, 0.2) is 0 Å². The van der Waals surface area contributed by atoms with Crippen LogP contribution in [0.3, 0.4) is 0 Å². The Kier molecular flexibility index (Phi) is 7.93. The van der Waals surface area contributed by atoms with Crippen molar-refractivity contribution in [2.24, 2.45) is 0 Å². The second-order valence-electron chi connectivity index (χ2n) is 7.76. The Hall–Kier alpha value is -4.36. The van der Waals surface area contributed by atoms with E-state index >= 15 is 0 Å². The van der Waals surface area contributed by atoms with Gasteiger partial charge < -0.3 is 14.3 Å². The lowest BCUT2D eigenvalue weighted by Gasteiger charge is -2.14. The zero-order valence-electron chi connectivity index (χ0n) is 19.3. The summed E-state index contributed by atoms with van der Waals surface area (Å²) < 4.78 is 11.9. The summed E-state index contributed by atoms with van der Waals surface area (Å²) in [6.45, 7) is 2.33. The molecule has 7 heteroatoms. The number of para-hydroxylation sites is 1. The number of nitrogens with one attached hydrogen (secondary N) is 1. The fourth-order valence-corrected chi connectivity index (χ4v) is 3.39. The van der Waals surface area contributed by atoms with Crippen molar-refractivity contribution in [2.75, 3.05) is 0 Å². The number of aromatic nitrogens is 1. The first-order valence-corrected chi connectivity index (χ1v) is 11.2. The molecule has 0 aliphatic carbocycles. The molecule has 2 N–H and O–H groups in total. The summed E-state index contributed by atoms with van der Waals surface area (Å²) in [6.07, 6.45) is 1.46. The number of carboxylic acid groups (broad SMARTS) is 1. The molecule has 0 unspecified atom stereocenters. The molecule has 0 saturated heterocycles. The van der Waals surface area contributed by atoms with Crippen LogP contribution in [0.1, 0.15) is 29.0 Å². The summed E-state index contributed by atoms with van der Waals surface area (Å²) in [4.78, 5) is 21.3. The molecule has 0 aliphatic heterocycles. The van der Waals surface area contributed by atoms with E-state index in [1.165, 1.54) is 0 Å². The number of oxazole rings is 1. The Labute approximate surface area is 203 Å². The Bertz CT molecular complexity index is 1280. The fraction of sp³-hybridized carbons (Fsp3) is 0.143. The number of benzene rings is 3. The largest absolute Gasteiger partial charge is 0.487 e. The molecule has 0 fully saturated rings. The highest BCUT2D eigenvalue weighted by Gasteiger charge is 2.13. The van der Waals surface area contributed by atoms with Crippen molar-refractivity contribution >= 4 is 11.7 Å². The number of carboxylic acids is 1. The van der Waals surface area contributed by atoms with Crippen molar-refractivity contribution in [1.29, 1.82) is 0 Å². The summed E-state index contributed by atoms with van der Waals surface area (Å²) in [5.41, 5.74) is 6.76. The number of aryl methyl sites for hydroxylation is 1. The van der Waals surface area contributed by atoms with Crippen molar-refractivity contribution in [3.05, 3.63) is 114 Å². The minimum atomic E-state index is -0.919. The van der Waals surface area contributed by atoms with E-state index in [-0.39, 0.29) is 19.6 Å². The normalized spacial score (nSPS) is 11.3. The van der Waals surface area contributed by atoms with Gasteiger partial charge in [-0.05, 0) is 36.8 Å². The van der Waals surface area contributed by atoms with E-state index in [9.17, 15) is 4.79 Å². The fourth-order valence-electron chi connectivity index (χ4n) is 3.39. The number of hydroxylamine groups is 1. The molecule has 0 aliphatic rings. The predicted molar refractivity (Wildman–Crippen MR) is 132 cm³/mol. The molecular weight excluding hydrogens is 444 g/mol. The molecule has 35 heavy (non-hydrogen) atoms. The van der Waals surface area contributed by atoms with Crippen LogP contribution in [-0.4, -0.2) is 16.1 Å². The third-order valence-corrected chi connectivity index (χ3v) is 5.23. The van der Waals surface area contributed by atoms with Crippen LogP contribution < -0.4 is 10.2 Å². The van der Waals surface area contributed by atoms with Crippen molar-refractivity contribution in [3.63, 3.8) is 0 Å². The number of carbonyl (C=O) groups is 1. The van der Waals surface area contributed by atoms with Gasteiger partial charge in [-0.25, -0.2) is 4.98 Å². The maximum absolute atomic E-state index is 11.0. The molecule has 1 heterocycles. The van der Waals surface area contributed by atoms with E-state index in [0.29, 0.717) is 23.1 Å². The van der Waals surface area contributed by atoms with Gasteiger partial charge in [-0.3, -0.25) is 15.1 Å². The van der Waals surface area contributed by atoms with E-state index < -0.39 is 5.97 Å². The van der Waals surface area contributed by atoms with Gasteiger partial charge in [0.05, 0.1) is 12.1 Å².